The molecule has 0 aromatic carbocycles. The molecular formula is C23H21F2N7OS5. The minimum Gasteiger partial charge on any atom is -0.393 e. The first kappa shape index (κ1) is 28.5. The van der Waals surface area contributed by atoms with Crippen molar-refractivity contribution < 1.29 is 8.78 Å². The van der Waals surface area contributed by atoms with Gasteiger partial charge in [-0.1, -0.05) is 6.07 Å². The van der Waals surface area contributed by atoms with E-state index in [1.165, 1.54) is 16.9 Å². The molecule has 3 heterocycles. The minimum absolute atomic E-state index is 0.0823. The Hall–Kier alpha value is -2.46. The smallest absolute Gasteiger partial charge is 0.281 e. The Bertz CT molecular complexity index is 1560. The predicted octanol–water partition coefficient (Wildman–Crippen LogP) is 4.69. The molecule has 0 saturated heterocycles. The number of hydrogen-bond donors (Lipinski definition) is 8. The molecular weight excluding hydrogens is 589 g/mol. The zero-order valence-corrected chi connectivity index (χ0v) is 23.9. The number of aromatic nitrogens is 4. The molecule has 0 atom stereocenters. The number of rotatable bonds is 7. The highest BCUT2D eigenvalue weighted by atomic mass is 32.2. The average molecular weight is 610 g/mol. The van der Waals surface area contributed by atoms with E-state index in [1.54, 1.807) is 43.6 Å². The predicted molar refractivity (Wildman–Crippen MR) is 164 cm³/mol. The second-order valence-corrected chi connectivity index (χ2v) is 12.8. The summed E-state index contributed by atoms with van der Waals surface area (Å²) in [5.74, 6) is 0.255. The van der Waals surface area contributed by atoms with Crippen LogP contribution in [0.2, 0.25) is 0 Å². The lowest BCUT2D eigenvalue weighted by atomic mass is 10.0. The number of halogens is 2. The first-order valence-corrected chi connectivity index (χ1v) is 13.0. The molecule has 4 rings (SSSR count). The van der Waals surface area contributed by atoms with Crippen LogP contribution in [0.5, 0.6) is 0 Å². The fourth-order valence-corrected chi connectivity index (χ4v) is 3.88. The highest BCUT2D eigenvalue weighted by Crippen LogP contribution is 2.44. The Morgan fingerprint density at radius 2 is 1.84 bits per heavy atom. The molecule has 0 amide bonds. The molecule has 1 aliphatic rings. The molecule has 0 bridgehead atoms. The van der Waals surface area contributed by atoms with Crippen molar-refractivity contribution in [3.05, 3.63) is 76.5 Å². The normalized spacial score (nSPS) is 15.3. The van der Waals surface area contributed by atoms with E-state index in [9.17, 15) is 13.6 Å². The SMILES string of the molecule is CN/C=C1/C=C(n2nc3ccc(NC(S)(S)C(S)(S)S)nc3c(-c3ccc(C(F)F)nc3)c2=O)C=CC1=N. The van der Waals surface area contributed by atoms with Gasteiger partial charge in [0.25, 0.3) is 12.0 Å². The van der Waals surface area contributed by atoms with Crippen molar-refractivity contribution in [1.82, 2.24) is 25.1 Å². The number of hydrogen-bond acceptors (Lipinski definition) is 12. The standard InChI is InChI=1S/C23H21F2N7OS5/c1-27-9-12-8-13(3-4-14(12)26)32-21(33)18(11-2-5-16(20(24)25)28-10-11)19-15(31-32)6-7-17(29-19)30-22(34,35)23(36,37)38/h2-10,20,26-27,34-38H,1H3,(H,29,30)/b12-9-,26-14?. The van der Waals surface area contributed by atoms with Crippen LogP contribution < -0.4 is 16.2 Å². The lowest BCUT2D eigenvalue weighted by Crippen LogP contribution is -2.40. The number of fused-ring (bicyclic) bond motifs is 1. The van der Waals surface area contributed by atoms with Crippen LogP contribution in [0.4, 0.5) is 14.6 Å². The van der Waals surface area contributed by atoms with Gasteiger partial charge in [-0.25, -0.2) is 13.8 Å². The zero-order chi connectivity index (χ0) is 27.8. The van der Waals surface area contributed by atoms with Crippen LogP contribution in [0.25, 0.3) is 27.9 Å². The number of pyridine rings is 2. The fraction of sp³-hybridized carbons (Fsp3) is 0.174. The molecule has 8 nitrogen and oxygen atoms in total. The molecule has 0 spiro atoms. The van der Waals surface area contributed by atoms with Crippen LogP contribution in [0.3, 0.4) is 0 Å². The Morgan fingerprint density at radius 1 is 1.11 bits per heavy atom. The number of thiol groups is 5. The summed E-state index contributed by atoms with van der Waals surface area (Å²) in [6.07, 6.45) is 4.81. The van der Waals surface area contributed by atoms with Gasteiger partial charge in [-0.3, -0.25) is 9.78 Å². The fourth-order valence-electron chi connectivity index (χ4n) is 3.48. The van der Waals surface area contributed by atoms with Crippen LogP contribution in [0.15, 0.2) is 65.3 Å². The maximum absolute atomic E-state index is 13.8. The van der Waals surface area contributed by atoms with Gasteiger partial charge in [-0.15, -0.1) is 63.1 Å². The van der Waals surface area contributed by atoms with E-state index >= 15 is 0 Å². The third-order valence-electron chi connectivity index (χ3n) is 5.37. The first-order valence-electron chi connectivity index (χ1n) is 10.8. The summed E-state index contributed by atoms with van der Waals surface area (Å²) in [4.78, 5) is 22.2. The van der Waals surface area contributed by atoms with Gasteiger partial charge in [0.2, 0.25) is 0 Å². The van der Waals surface area contributed by atoms with Crippen LogP contribution in [-0.2, 0) is 0 Å². The van der Waals surface area contributed by atoms with Crippen molar-refractivity contribution >= 4 is 91.4 Å². The van der Waals surface area contributed by atoms with E-state index in [0.717, 1.165) is 6.07 Å². The number of nitrogens with zero attached hydrogens (tertiary/aromatic N) is 4. The lowest BCUT2D eigenvalue weighted by molar-refractivity contribution is 0.146. The molecule has 38 heavy (non-hydrogen) atoms. The molecule has 198 valence electrons. The lowest BCUT2D eigenvalue weighted by Gasteiger charge is -2.34. The van der Waals surface area contributed by atoms with E-state index in [1.807, 2.05) is 0 Å². The summed E-state index contributed by atoms with van der Waals surface area (Å²) < 4.78 is 24.8. The van der Waals surface area contributed by atoms with Crippen LogP contribution in [0.1, 0.15) is 12.1 Å². The van der Waals surface area contributed by atoms with Crippen molar-refractivity contribution in [3.63, 3.8) is 0 Å². The molecule has 3 aromatic rings. The first-order chi connectivity index (χ1) is 17.8. The zero-order valence-electron chi connectivity index (χ0n) is 19.5. The van der Waals surface area contributed by atoms with Gasteiger partial charge in [0.1, 0.15) is 26.0 Å². The number of alkyl halides is 2. The maximum atomic E-state index is 13.8. The highest BCUT2D eigenvalue weighted by molar-refractivity contribution is 8.20. The summed E-state index contributed by atoms with van der Waals surface area (Å²) in [5, 5.41) is 18.4. The number of anilines is 1. The summed E-state index contributed by atoms with van der Waals surface area (Å²) in [6.45, 7) is 0. The molecule has 0 aliphatic heterocycles. The van der Waals surface area contributed by atoms with Crippen LogP contribution >= 0.6 is 63.1 Å². The van der Waals surface area contributed by atoms with Gasteiger partial charge in [0.05, 0.1) is 17.0 Å². The molecule has 0 radical (unpaired) electrons. The Kier molecular flexibility index (Phi) is 8.23. The third kappa shape index (κ3) is 5.76. The third-order valence-corrected chi connectivity index (χ3v) is 8.33. The minimum atomic E-state index is -2.77. The largest absolute Gasteiger partial charge is 0.393 e. The van der Waals surface area contributed by atoms with E-state index in [4.69, 9.17) is 5.41 Å². The molecule has 3 N–H and O–H groups in total. The van der Waals surface area contributed by atoms with Crippen molar-refractivity contribution in [1.29, 1.82) is 5.41 Å². The molecule has 15 heteroatoms. The van der Waals surface area contributed by atoms with Gasteiger partial charge in [0, 0.05) is 30.6 Å². The van der Waals surface area contributed by atoms with Crippen molar-refractivity contribution in [2.75, 3.05) is 12.4 Å². The summed E-state index contributed by atoms with van der Waals surface area (Å²) in [6, 6.07) is 5.75. The highest BCUT2D eigenvalue weighted by Gasteiger charge is 2.39. The topological polar surface area (TPSA) is 109 Å². The molecule has 3 aromatic heterocycles. The van der Waals surface area contributed by atoms with Gasteiger partial charge >= 0.3 is 0 Å². The average Bonchev–Trinajstić information content (AvgIpc) is 2.84. The van der Waals surface area contributed by atoms with Crippen LogP contribution in [-0.4, -0.2) is 40.1 Å². The van der Waals surface area contributed by atoms with Gasteiger partial charge in [-0.05, 0) is 36.4 Å². The van der Waals surface area contributed by atoms with E-state index in [2.05, 4.69) is 88.8 Å². The second-order valence-electron chi connectivity index (χ2n) is 8.07. The monoisotopic (exact) mass is 609 g/mol. The summed E-state index contributed by atoms with van der Waals surface area (Å²) >= 11 is 21.7. The van der Waals surface area contributed by atoms with Crippen molar-refractivity contribution in [3.8, 4) is 11.1 Å². The number of nitrogens with one attached hydrogen (secondary N) is 3. The van der Waals surface area contributed by atoms with Gasteiger partial charge in [0.15, 0.2) is 4.20 Å². The van der Waals surface area contributed by atoms with Crippen molar-refractivity contribution in [2.45, 2.75) is 14.0 Å². The van der Waals surface area contributed by atoms with E-state index in [0.29, 0.717) is 16.8 Å². The van der Waals surface area contributed by atoms with Gasteiger partial charge < -0.3 is 16.0 Å². The molecule has 0 unspecified atom stereocenters. The quantitative estimate of drug-likeness (QED) is 0.146. The van der Waals surface area contributed by atoms with Crippen molar-refractivity contribution in [2.24, 2.45) is 0 Å². The maximum Gasteiger partial charge on any atom is 0.281 e. The van der Waals surface area contributed by atoms with E-state index < -0.39 is 25.3 Å². The molecule has 0 fully saturated rings. The summed E-state index contributed by atoms with van der Waals surface area (Å²) in [7, 11) is 1.70. The van der Waals surface area contributed by atoms with Crippen LogP contribution in [0, 0.1) is 5.41 Å². The molecule has 0 saturated carbocycles. The number of allylic oxidation sites excluding steroid dienone is 5. The van der Waals surface area contributed by atoms with Gasteiger partial charge in [-0.2, -0.15) is 9.78 Å². The Labute approximate surface area is 243 Å². The van der Waals surface area contributed by atoms with E-state index in [-0.39, 0.29) is 28.2 Å². The summed E-state index contributed by atoms with van der Waals surface area (Å²) in [5.41, 5.74) is 1.03. The Morgan fingerprint density at radius 3 is 2.45 bits per heavy atom. The Balaban J connectivity index is 1.96. The second kappa shape index (κ2) is 11.0. The molecule has 1 aliphatic carbocycles.